The van der Waals surface area contributed by atoms with Gasteiger partial charge in [-0.1, -0.05) is 6.07 Å². The monoisotopic (exact) mass is 254 g/mol. The summed E-state index contributed by atoms with van der Waals surface area (Å²) in [5.74, 6) is -0.990. The lowest BCUT2D eigenvalue weighted by atomic mass is 10.2. The van der Waals surface area contributed by atoms with Gasteiger partial charge in [0.1, 0.15) is 0 Å². The molecule has 4 nitrogen and oxygen atoms in total. The molecule has 0 radical (unpaired) electrons. The molecule has 1 heterocycles. The molecule has 1 unspecified atom stereocenters. The van der Waals surface area contributed by atoms with E-state index in [0.717, 1.165) is 12.8 Å². The number of benzene rings is 1. The molecule has 17 heavy (non-hydrogen) atoms. The van der Waals surface area contributed by atoms with E-state index in [-0.39, 0.29) is 10.8 Å². The lowest BCUT2D eigenvalue weighted by molar-refractivity contribution is 0.0696. The van der Waals surface area contributed by atoms with Crippen LogP contribution in [0.3, 0.4) is 0 Å². The summed E-state index contributed by atoms with van der Waals surface area (Å²) in [4.78, 5) is 11.4. The van der Waals surface area contributed by atoms with Crippen molar-refractivity contribution in [3.8, 4) is 0 Å². The molecule has 0 aromatic heterocycles. The minimum absolute atomic E-state index is 0.0767. The number of hydrogen-bond acceptors (Lipinski definition) is 3. The Morgan fingerprint density at radius 3 is 2.71 bits per heavy atom. The summed E-state index contributed by atoms with van der Waals surface area (Å²) < 4.78 is 17.5. The van der Waals surface area contributed by atoms with Crippen LogP contribution in [0.4, 0.5) is 0 Å². The second kappa shape index (κ2) is 5.42. The Bertz CT molecular complexity index is 438. The van der Waals surface area contributed by atoms with Crippen molar-refractivity contribution in [3.05, 3.63) is 29.8 Å². The highest BCUT2D eigenvalue weighted by Gasteiger charge is 2.22. The molecule has 1 atom stereocenters. The van der Waals surface area contributed by atoms with Crippen LogP contribution in [-0.2, 0) is 15.5 Å². The lowest BCUT2D eigenvalue weighted by Gasteiger charge is -2.21. The van der Waals surface area contributed by atoms with Crippen LogP contribution >= 0.6 is 0 Å². The summed E-state index contributed by atoms with van der Waals surface area (Å²) in [6.07, 6.45) is 1.54. The van der Waals surface area contributed by atoms with Crippen molar-refractivity contribution in [1.29, 1.82) is 0 Å². The standard InChI is InChI=1S/C12H14O4S/c13-12(14)9-2-1-3-11(8-9)17(15)10-4-6-16-7-5-10/h1-3,8,10H,4-7H2,(H,13,14). The molecule has 92 valence electrons. The van der Waals surface area contributed by atoms with E-state index in [1.54, 1.807) is 12.1 Å². The van der Waals surface area contributed by atoms with Crippen molar-refractivity contribution in [2.24, 2.45) is 0 Å². The zero-order valence-electron chi connectivity index (χ0n) is 9.30. The van der Waals surface area contributed by atoms with E-state index in [9.17, 15) is 9.00 Å². The topological polar surface area (TPSA) is 63.6 Å². The first-order chi connectivity index (χ1) is 8.18. The van der Waals surface area contributed by atoms with Gasteiger partial charge in [-0.15, -0.1) is 0 Å². The summed E-state index contributed by atoms with van der Waals surface area (Å²) in [7, 11) is -1.14. The molecule has 0 aliphatic carbocycles. The molecule has 1 aromatic rings. The minimum atomic E-state index is -1.14. The number of carboxylic acids is 1. The van der Waals surface area contributed by atoms with Crippen LogP contribution in [-0.4, -0.2) is 33.7 Å². The van der Waals surface area contributed by atoms with Crippen LogP contribution < -0.4 is 0 Å². The van der Waals surface area contributed by atoms with Gasteiger partial charge in [0.05, 0.1) is 16.4 Å². The average Bonchev–Trinajstić information content (AvgIpc) is 2.39. The second-order valence-corrected chi connectivity index (χ2v) is 5.68. The molecule has 1 saturated heterocycles. The third kappa shape index (κ3) is 2.92. The summed E-state index contributed by atoms with van der Waals surface area (Å²) in [6.45, 7) is 1.27. The Balaban J connectivity index is 2.18. The summed E-state index contributed by atoms with van der Waals surface area (Å²) in [5.41, 5.74) is 0.183. The molecule has 0 amide bonds. The van der Waals surface area contributed by atoms with E-state index in [0.29, 0.717) is 18.1 Å². The first-order valence-electron chi connectivity index (χ1n) is 5.50. The van der Waals surface area contributed by atoms with Crippen LogP contribution in [0, 0.1) is 0 Å². The maximum Gasteiger partial charge on any atom is 0.335 e. The molecule has 1 fully saturated rings. The third-order valence-electron chi connectivity index (χ3n) is 2.78. The smallest absolute Gasteiger partial charge is 0.335 e. The van der Waals surface area contributed by atoms with Crippen LogP contribution in [0.1, 0.15) is 23.2 Å². The number of carbonyl (C=O) groups is 1. The minimum Gasteiger partial charge on any atom is -0.478 e. The molecule has 0 bridgehead atoms. The number of hydrogen-bond donors (Lipinski definition) is 1. The fourth-order valence-electron chi connectivity index (χ4n) is 1.84. The number of ether oxygens (including phenoxy) is 1. The van der Waals surface area contributed by atoms with Crippen molar-refractivity contribution in [3.63, 3.8) is 0 Å². The molecule has 5 heteroatoms. The average molecular weight is 254 g/mol. The van der Waals surface area contributed by atoms with E-state index in [1.807, 2.05) is 0 Å². The number of rotatable bonds is 3. The van der Waals surface area contributed by atoms with E-state index < -0.39 is 16.8 Å². The Morgan fingerprint density at radius 2 is 2.06 bits per heavy atom. The van der Waals surface area contributed by atoms with E-state index >= 15 is 0 Å². The van der Waals surface area contributed by atoms with Crippen LogP contribution in [0.2, 0.25) is 0 Å². The first-order valence-corrected chi connectivity index (χ1v) is 6.71. The highest BCUT2D eigenvalue weighted by atomic mass is 32.2. The SMILES string of the molecule is O=C(O)c1cccc(S(=O)C2CCOCC2)c1. The van der Waals surface area contributed by atoms with Crippen LogP contribution in [0.25, 0.3) is 0 Å². The second-order valence-electron chi connectivity index (χ2n) is 3.94. The van der Waals surface area contributed by atoms with Gasteiger partial charge in [0.15, 0.2) is 0 Å². The normalized spacial score (nSPS) is 18.8. The Labute approximate surface area is 102 Å². The van der Waals surface area contributed by atoms with Crippen molar-refractivity contribution in [1.82, 2.24) is 0 Å². The van der Waals surface area contributed by atoms with Crippen LogP contribution in [0.15, 0.2) is 29.2 Å². The van der Waals surface area contributed by atoms with Crippen molar-refractivity contribution < 1.29 is 18.8 Å². The number of aromatic carboxylic acids is 1. The molecule has 2 rings (SSSR count). The van der Waals surface area contributed by atoms with Crippen molar-refractivity contribution in [2.75, 3.05) is 13.2 Å². The molecule has 1 aliphatic heterocycles. The van der Waals surface area contributed by atoms with Gasteiger partial charge < -0.3 is 9.84 Å². The predicted molar refractivity (Wildman–Crippen MR) is 63.7 cm³/mol. The van der Waals surface area contributed by atoms with Gasteiger partial charge in [-0.25, -0.2) is 4.79 Å². The van der Waals surface area contributed by atoms with Gasteiger partial charge in [0.2, 0.25) is 0 Å². The molecule has 1 N–H and O–H groups in total. The van der Waals surface area contributed by atoms with E-state index in [1.165, 1.54) is 12.1 Å². The first kappa shape index (κ1) is 12.3. The maximum atomic E-state index is 12.2. The molecular formula is C12H14O4S. The lowest BCUT2D eigenvalue weighted by Crippen LogP contribution is -2.25. The van der Waals surface area contributed by atoms with Gasteiger partial charge in [-0.2, -0.15) is 0 Å². The molecular weight excluding hydrogens is 240 g/mol. The Morgan fingerprint density at radius 1 is 1.35 bits per heavy atom. The molecule has 1 aromatic carbocycles. The van der Waals surface area contributed by atoms with Crippen LogP contribution in [0.5, 0.6) is 0 Å². The molecule has 0 spiro atoms. The van der Waals surface area contributed by atoms with Gasteiger partial charge >= 0.3 is 5.97 Å². The Kier molecular flexibility index (Phi) is 3.91. The van der Waals surface area contributed by atoms with Gasteiger partial charge in [0, 0.05) is 23.4 Å². The molecule has 1 aliphatic rings. The maximum absolute atomic E-state index is 12.2. The quantitative estimate of drug-likeness (QED) is 0.891. The molecule has 0 saturated carbocycles. The number of carboxylic acid groups (broad SMARTS) is 1. The van der Waals surface area contributed by atoms with Crippen molar-refractivity contribution >= 4 is 16.8 Å². The Hall–Kier alpha value is -1.20. The summed E-state index contributed by atoms with van der Waals surface area (Å²) in [5, 5.41) is 8.96. The highest BCUT2D eigenvalue weighted by molar-refractivity contribution is 7.85. The summed E-state index contributed by atoms with van der Waals surface area (Å²) in [6, 6.07) is 6.36. The summed E-state index contributed by atoms with van der Waals surface area (Å²) >= 11 is 0. The zero-order chi connectivity index (χ0) is 12.3. The van der Waals surface area contributed by atoms with Gasteiger partial charge in [-0.3, -0.25) is 4.21 Å². The zero-order valence-corrected chi connectivity index (χ0v) is 10.1. The largest absolute Gasteiger partial charge is 0.478 e. The highest BCUT2D eigenvalue weighted by Crippen LogP contribution is 2.20. The van der Waals surface area contributed by atoms with E-state index in [2.05, 4.69) is 0 Å². The van der Waals surface area contributed by atoms with Crippen molar-refractivity contribution in [2.45, 2.75) is 23.0 Å². The van der Waals surface area contributed by atoms with E-state index in [4.69, 9.17) is 9.84 Å². The predicted octanol–water partition coefficient (Wildman–Crippen LogP) is 1.67. The third-order valence-corrected chi connectivity index (χ3v) is 4.58. The van der Waals surface area contributed by atoms with Gasteiger partial charge in [-0.05, 0) is 31.0 Å². The fourth-order valence-corrected chi connectivity index (χ4v) is 3.30. The van der Waals surface area contributed by atoms with Gasteiger partial charge in [0.25, 0.3) is 0 Å². The fraction of sp³-hybridized carbons (Fsp3) is 0.417.